The van der Waals surface area contributed by atoms with Crippen molar-refractivity contribution < 1.29 is 23.4 Å². The van der Waals surface area contributed by atoms with Gasteiger partial charge in [0.15, 0.2) is 23.7 Å². The summed E-state index contributed by atoms with van der Waals surface area (Å²) < 4.78 is 22.2. The number of aromatic nitrogens is 1. The van der Waals surface area contributed by atoms with Crippen LogP contribution in [0.25, 0.3) is 11.3 Å². The third kappa shape index (κ3) is 4.73. The second-order valence-corrected chi connectivity index (χ2v) is 6.88. The third-order valence-electron chi connectivity index (χ3n) is 4.81. The molecule has 0 unspecified atom stereocenters. The lowest BCUT2D eigenvalue weighted by Crippen LogP contribution is -2.12. The molecule has 4 aromatic rings. The van der Waals surface area contributed by atoms with Gasteiger partial charge in [0.2, 0.25) is 5.75 Å². The second-order valence-electron chi connectivity index (χ2n) is 6.88. The maximum Gasteiger partial charge on any atom is 0.255 e. The average molecular weight is 430 g/mol. The van der Waals surface area contributed by atoms with Crippen LogP contribution < -0.4 is 19.5 Å². The van der Waals surface area contributed by atoms with Crippen molar-refractivity contribution in [2.45, 2.75) is 6.61 Å². The fourth-order valence-electron chi connectivity index (χ4n) is 3.16. The number of oxazole rings is 1. The summed E-state index contributed by atoms with van der Waals surface area (Å²) in [6, 6.07) is 20.3. The van der Waals surface area contributed by atoms with Crippen molar-refractivity contribution in [3.63, 3.8) is 0 Å². The Morgan fingerprint density at radius 2 is 1.66 bits per heavy atom. The highest BCUT2D eigenvalue weighted by molar-refractivity contribution is 6.05. The molecule has 0 aliphatic heterocycles. The van der Waals surface area contributed by atoms with Crippen LogP contribution in [0.4, 0.5) is 5.69 Å². The largest absolute Gasteiger partial charge is 0.493 e. The zero-order chi connectivity index (χ0) is 22.3. The molecule has 0 saturated heterocycles. The Labute approximate surface area is 185 Å². The van der Waals surface area contributed by atoms with Crippen LogP contribution in [0.2, 0.25) is 0 Å². The van der Waals surface area contributed by atoms with Crippen LogP contribution in [0.3, 0.4) is 0 Å². The fourth-order valence-corrected chi connectivity index (χ4v) is 3.16. The molecule has 1 amide bonds. The highest BCUT2D eigenvalue weighted by Gasteiger charge is 2.18. The van der Waals surface area contributed by atoms with Gasteiger partial charge >= 0.3 is 0 Å². The number of benzene rings is 3. The Bertz CT molecular complexity index is 1150. The second kappa shape index (κ2) is 9.70. The van der Waals surface area contributed by atoms with Gasteiger partial charge in [-0.25, -0.2) is 4.98 Å². The number of hydrogen-bond acceptors (Lipinski definition) is 6. The molecule has 0 radical (unpaired) electrons. The van der Waals surface area contributed by atoms with Gasteiger partial charge in [0.1, 0.15) is 6.61 Å². The standard InChI is InChI=1S/C25H22N2O5/c1-29-21-12-19(13-22(30-2)24(21)31-15-17-6-4-3-5-7-17)25(28)27-20-10-8-18(9-11-20)23-14-26-16-32-23/h3-14,16H,15H2,1-2H3,(H,27,28). The molecule has 3 aromatic carbocycles. The van der Waals surface area contributed by atoms with Crippen LogP contribution in [0, 0.1) is 0 Å². The van der Waals surface area contributed by atoms with Gasteiger partial charge in [0.25, 0.3) is 5.91 Å². The molecule has 0 fully saturated rings. The van der Waals surface area contributed by atoms with E-state index in [9.17, 15) is 4.79 Å². The molecular formula is C25H22N2O5. The highest BCUT2D eigenvalue weighted by atomic mass is 16.5. The van der Waals surface area contributed by atoms with E-state index in [0.717, 1.165) is 11.1 Å². The maximum atomic E-state index is 12.9. The molecule has 0 aliphatic carbocycles. The van der Waals surface area contributed by atoms with Crippen LogP contribution >= 0.6 is 0 Å². The van der Waals surface area contributed by atoms with E-state index >= 15 is 0 Å². The lowest BCUT2D eigenvalue weighted by molar-refractivity contribution is 0.102. The van der Waals surface area contributed by atoms with E-state index in [1.165, 1.54) is 20.6 Å². The van der Waals surface area contributed by atoms with Gasteiger partial charge in [-0.2, -0.15) is 0 Å². The Morgan fingerprint density at radius 3 is 2.25 bits per heavy atom. The number of hydrogen-bond donors (Lipinski definition) is 1. The van der Waals surface area contributed by atoms with Crippen molar-refractivity contribution >= 4 is 11.6 Å². The minimum Gasteiger partial charge on any atom is -0.493 e. The van der Waals surface area contributed by atoms with Gasteiger partial charge in [-0.1, -0.05) is 30.3 Å². The van der Waals surface area contributed by atoms with Crippen molar-refractivity contribution in [2.75, 3.05) is 19.5 Å². The topological polar surface area (TPSA) is 82.8 Å². The van der Waals surface area contributed by atoms with Gasteiger partial charge in [-0.15, -0.1) is 0 Å². The third-order valence-corrected chi connectivity index (χ3v) is 4.81. The lowest BCUT2D eigenvalue weighted by Gasteiger charge is -2.16. The lowest BCUT2D eigenvalue weighted by atomic mass is 10.1. The van der Waals surface area contributed by atoms with Gasteiger partial charge in [-0.3, -0.25) is 4.79 Å². The van der Waals surface area contributed by atoms with Crippen LogP contribution in [0.1, 0.15) is 15.9 Å². The number of methoxy groups -OCH3 is 2. The molecule has 1 N–H and O–H groups in total. The van der Waals surface area contributed by atoms with Crippen molar-refractivity contribution in [1.82, 2.24) is 4.98 Å². The Morgan fingerprint density at radius 1 is 0.969 bits per heavy atom. The molecule has 32 heavy (non-hydrogen) atoms. The quantitative estimate of drug-likeness (QED) is 0.414. The van der Waals surface area contributed by atoms with Gasteiger partial charge < -0.3 is 23.9 Å². The van der Waals surface area contributed by atoms with Crippen LogP contribution in [-0.4, -0.2) is 25.1 Å². The number of nitrogens with one attached hydrogen (secondary N) is 1. The van der Waals surface area contributed by atoms with E-state index in [1.807, 2.05) is 42.5 Å². The molecular weight excluding hydrogens is 408 g/mol. The van der Waals surface area contributed by atoms with Gasteiger partial charge in [0.05, 0.1) is 20.4 Å². The molecule has 0 aliphatic rings. The first-order valence-electron chi connectivity index (χ1n) is 9.91. The number of anilines is 1. The minimum absolute atomic E-state index is 0.302. The van der Waals surface area contributed by atoms with Gasteiger partial charge in [0, 0.05) is 16.8 Å². The summed E-state index contributed by atoms with van der Waals surface area (Å²) in [5.41, 5.74) is 2.89. The number of amides is 1. The summed E-state index contributed by atoms with van der Waals surface area (Å²) in [6.45, 7) is 0.344. The Kier molecular flexibility index (Phi) is 6.36. The molecule has 7 heteroatoms. The molecule has 1 heterocycles. The van der Waals surface area contributed by atoms with E-state index in [-0.39, 0.29) is 5.91 Å². The summed E-state index contributed by atoms with van der Waals surface area (Å²) in [6.07, 6.45) is 3.01. The molecule has 1 aromatic heterocycles. The van der Waals surface area contributed by atoms with Crippen molar-refractivity contribution in [3.05, 3.63) is 90.4 Å². The van der Waals surface area contributed by atoms with Crippen LogP contribution in [-0.2, 0) is 6.61 Å². The first-order valence-corrected chi connectivity index (χ1v) is 9.91. The Hall–Kier alpha value is -4.26. The normalized spacial score (nSPS) is 10.4. The fraction of sp³-hybridized carbons (Fsp3) is 0.120. The minimum atomic E-state index is -0.302. The zero-order valence-electron chi connectivity index (χ0n) is 17.7. The number of nitrogens with zero attached hydrogens (tertiary/aromatic N) is 1. The number of rotatable bonds is 8. The summed E-state index contributed by atoms with van der Waals surface area (Å²) in [5, 5.41) is 2.87. The molecule has 162 valence electrons. The van der Waals surface area contributed by atoms with E-state index in [1.54, 1.807) is 30.5 Å². The van der Waals surface area contributed by atoms with E-state index < -0.39 is 0 Å². The summed E-state index contributed by atoms with van der Waals surface area (Å²) in [7, 11) is 3.04. The number of carbonyl (C=O) groups is 1. The first-order chi connectivity index (χ1) is 15.7. The summed E-state index contributed by atoms with van der Waals surface area (Å²) in [5.74, 6) is 1.61. The van der Waals surface area contributed by atoms with E-state index in [4.69, 9.17) is 18.6 Å². The van der Waals surface area contributed by atoms with Crippen molar-refractivity contribution in [2.24, 2.45) is 0 Å². The smallest absolute Gasteiger partial charge is 0.255 e. The molecule has 4 rings (SSSR count). The van der Waals surface area contributed by atoms with Crippen LogP contribution in [0.15, 0.2) is 83.7 Å². The molecule has 0 saturated carbocycles. The SMILES string of the molecule is COc1cc(C(=O)Nc2ccc(-c3cnco3)cc2)cc(OC)c1OCc1ccccc1. The highest BCUT2D eigenvalue weighted by Crippen LogP contribution is 2.39. The average Bonchev–Trinajstić information content (AvgIpc) is 3.38. The number of carbonyl (C=O) groups excluding carboxylic acids is 1. The molecule has 0 spiro atoms. The van der Waals surface area contributed by atoms with E-state index in [2.05, 4.69) is 10.3 Å². The van der Waals surface area contributed by atoms with Crippen molar-refractivity contribution in [1.29, 1.82) is 0 Å². The molecule has 7 nitrogen and oxygen atoms in total. The number of ether oxygens (including phenoxy) is 3. The Balaban J connectivity index is 1.51. The molecule has 0 bridgehead atoms. The van der Waals surface area contributed by atoms with Gasteiger partial charge in [-0.05, 0) is 42.0 Å². The maximum absolute atomic E-state index is 12.9. The monoisotopic (exact) mass is 430 g/mol. The van der Waals surface area contributed by atoms with Crippen molar-refractivity contribution in [3.8, 4) is 28.6 Å². The van der Waals surface area contributed by atoms with E-state index in [0.29, 0.717) is 40.9 Å². The summed E-state index contributed by atoms with van der Waals surface area (Å²) in [4.78, 5) is 16.8. The summed E-state index contributed by atoms with van der Waals surface area (Å²) >= 11 is 0. The molecule has 0 atom stereocenters. The zero-order valence-corrected chi connectivity index (χ0v) is 17.7. The van der Waals surface area contributed by atoms with Crippen LogP contribution in [0.5, 0.6) is 17.2 Å². The predicted octanol–water partition coefficient (Wildman–Crippen LogP) is 5.19. The first kappa shape index (κ1) is 21.0. The predicted molar refractivity (Wildman–Crippen MR) is 120 cm³/mol.